The molecule has 0 spiro atoms. The monoisotopic (exact) mass is 282 g/mol. The van der Waals surface area contributed by atoms with E-state index < -0.39 is 11.9 Å². The Bertz CT molecular complexity index is 472. The van der Waals surface area contributed by atoms with Gasteiger partial charge < -0.3 is 10.2 Å². The summed E-state index contributed by atoms with van der Waals surface area (Å²) in [6.45, 7) is 1.65. The maximum atomic E-state index is 10.9. The van der Waals surface area contributed by atoms with E-state index in [4.69, 9.17) is 16.7 Å². The largest absolute Gasteiger partial charge is 0.481 e. The van der Waals surface area contributed by atoms with Gasteiger partial charge in [-0.25, -0.2) is 0 Å². The zero-order valence-electron chi connectivity index (χ0n) is 11.0. The van der Waals surface area contributed by atoms with Crippen molar-refractivity contribution in [3.05, 3.63) is 34.3 Å². The summed E-state index contributed by atoms with van der Waals surface area (Å²) in [5, 5.41) is 19.4. The summed E-state index contributed by atoms with van der Waals surface area (Å²) in [7, 11) is 0. The quantitative estimate of drug-likeness (QED) is 0.891. The van der Waals surface area contributed by atoms with Crippen LogP contribution < -0.4 is 0 Å². The van der Waals surface area contributed by atoms with Crippen molar-refractivity contribution in [2.75, 3.05) is 0 Å². The Balaban J connectivity index is 2.13. The summed E-state index contributed by atoms with van der Waals surface area (Å²) in [4.78, 5) is 10.9. The highest BCUT2D eigenvalue weighted by Gasteiger charge is 2.26. The van der Waals surface area contributed by atoms with Crippen molar-refractivity contribution in [3.63, 3.8) is 0 Å². The van der Waals surface area contributed by atoms with Crippen molar-refractivity contribution in [1.82, 2.24) is 0 Å². The van der Waals surface area contributed by atoms with Crippen LogP contribution in [0, 0.1) is 5.92 Å². The molecule has 104 valence electrons. The minimum Gasteiger partial charge on any atom is -0.481 e. The molecule has 0 bridgehead atoms. The summed E-state index contributed by atoms with van der Waals surface area (Å²) >= 11 is 6.23. The molecule has 3 nitrogen and oxygen atoms in total. The molecule has 1 aromatic carbocycles. The highest BCUT2D eigenvalue weighted by molar-refractivity contribution is 6.31. The minimum atomic E-state index is -0.852. The fraction of sp³-hybridized carbons (Fsp3) is 0.533. The molecule has 3 unspecified atom stereocenters. The third-order valence-electron chi connectivity index (χ3n) is 4.05. The van der Waals surface area contributed by atoms with E-state index in [0.29, 0.717) is 10.6 Å². The van der Waals surface area contributed by atoms with Gasteiger partial charge in [-0.15, -0.1) is 0 Å². The number of carboxylic acids is 1. The van der Waals surface area contributed by atoms with Crippen LogP contribution in [0.25, 0.3) is 0 Å². The smallest absolute Gasteiger partial charge is 0.310 e. The predicted molar refractivity (Wildman–Crippen MR) is 74.6 cm³/mol. The summed E-state index contributed by atoms with van der Waals surface area (Å²) in [5.74, 6) is -1.13. The normalized spacial score (nSPS) is 24.4. The fourth-order valence-corrected chi connectivity index (χ4v) is 2.94. The SMILES string of the molecule is CC(C(=O)O)c1ccc(CC2CCCC2O)c(Cl)c1. The van der Waals surface area contributed by atoms with Crippen molar-refractivity contribution in [2.24, 2.45) is 5.92 Å². The van der Waals surface area contributed by atoms with E-state index in [1.807, 2.05) is 12.1 Å². The molecule has 4 heteroatoms. The lowest BCUT2D eigenvalue weighted by atomic mass is 9.93. The van der Waals surface area contributed by atoms with Crippen molar-refractivity contribution < 1.29 is 15.0 Å². The molecule has 0 heterocycles. The summed E-state index contributed by atoms with van der Waals surface area (Å²) < 4.78 is 0. The highest BCUT2D eigenvalue weighted by atomic mass is 35.5. The Morgan fingerprint density at radius 2 is 2.21 bits per heavy atom. The number of rotatable bonds is 4. The molecule has 0 saturated heterocycles. The van der Waals surface area contributed by atoms with Crippen LogP contribution in [-0.4, -0.2) is 22.3 Å². The topological polar surface area (TPSA) is 57.5 Å². The van der Waals surface area contributed by atoms with Gasteiger partial charge >= 0.3 is 5.97 Å². The van der Waals surface area contributed by atoms with E-state index in [2.05, 4.69) is 0 Å². The van der Waals surface area contributed by atoms with E-state index in [-0.39, 0.29) is 12.0 Å². The van der Waals surface area contributed by atoms with Gasteiger partial charge in [-0.1, -0.05) is 30.2 Å². The average Bonchev–Trinajstić information content (AvgIpc) is 2.76. The number of hydrogen-bond donors (Lipinski definition) is 2. The molecule has 1 saturated carbocycles. The molecule has 0 aliphatic heterocycles. The maximum absolute atomic E-state index is 10.9. The standard InChI is InChI=1S/C15H19ClO3/c1-9(15(18)19)10-5-6-11(13(16)8-10)7-12-3-2-4-14(12)17/h5-6,8-9,12,14,17H,2-4,7H2,1H3,(H,18,19). The Hall–Kier alpha value is -1.06. The second-order valence-electron chi connectivity index (χ2n) is 5.37. The van der Waals surface area contributed by atoms with Crippen molar-refractivity contribution in [1.29, 1.82) is 0 Å². The van der Waals surface area contributed by atoms with Crippen molar-refractivity contribution >= 4 is 17.6 Å². The molecule has 0 radical (unpaired) electrons. The van der Waals surface area contributed by atoms with Crippen LogP contribution in [0.15, 0.2) is 18.2 Å². The van der Waals surface area contributed by atoms with Crippen LogP contribution >= 0.6 is 11.6 Å². The van der Waals surface area contributed by atoms with Gasteiger partial charge in [-0.2, -0.15) is 0 Å². The summed E-state index contributed by atoms with van der Waals surface area (Å²) in [5.41, 5.74) is 1.71. The number of aliphatic carboxylic acids is 1. The van der Waals surface area contributed by atoms with Crippen LogP contribution in [0.4, 0.5) is 0 Å². The molecule has 3 atom stereocenters. The van der Waals surface area contributed by atoms with Crippen LogP contribution in [-0.2, 0) is 11.2 Å². The predicted octanol–water partition coefficient (Wildman–Crippen LogP) is 3.23. The van der Waals surface area contributed by atoms with E-state index in [0.717, 1.165) is 31.2 Å². The zero-order valence-corrected chi connectivity index (χ0v) is 11.7. The number of aliphatic hydroxyl groups is 1. The van der Waals surface area contributed by atoms with Crippen molar-refractivity contribution in [3.8, 4) is 0 Å². The third kappa shape index (κ3) is 3.28. The average molecular weight is 283 g/mol. The lowest BCUT2D eigenvalue weighted by Gasteiger charge is -2.16. The first-order valence-electron chi connectivity index (χ1n) is 6.68. The third-order valence-corrected chi connectivity index (χ3v) is 4.40. The van der Waals surface area contributed by atoms with E-state index in [9.17, 15) is 9.90 Å². The van der Waals surface area contributed by atoms with Gasteiger partial charge in [0, 0.05) is 5.02 Å². The van der Waals surface area contributed by atoms with Gasteiger partial charge in [0.15, 0.2) is 0 Å². The van der Waals surface area contributed by atoms with E-state index >= 15 is 0 Å². The highest BCUT2D eigenvalue weighted by Crippen LogP contribution is 2.32. The Kier molecular flexibility index (Phi) is 4.48. The van der Waals surface area contributed by atoms with Gasteiger partial charge in [0.2, 0.25) is 0 Å². The molecule has 0 aromatic heterocycles. The maximum Gasteiger partial charge on any atom is 0.310 e. The van der Waals surface area contributed by atoms with Crippen LogP contribution in [0.5, 0.6) is 0 Å². The first kappa shape index (κ1) is 14.4. The molecule has 19 heavy (non-hydrogen) atoms. The fourth-order valence-electron chi connectivity index (χ4n) is 2.68. The molecular weight excluding hydrogens is 264 g/mol. The van der Waals surface area contributed by atoms with Crippen LogP contribution in [0.3, 0.4) is 0 Å². The summed E-state index contributed by atoms with van der Waals surface area (Å²) in [6.07, 6.45) is 3.51. The molecule has 1 aliphatic rings. The van der Waals surface area contributed by atoms with E-state index in [1.54, 1.807) is 13.0 Å². The lowest BCUT2D eigenvalue weighted by Crippen LogP contribution is -2.16. The molecule has 1 fully saturated rings. The molecule has 2 rings (SSSR count). The molecular formula is C15H19ClO3. The molecule has 1 aromatic rings. The number of carbonyl (C=O) groups is 1. The molecule has 0 amide bonds. The minimum absolute atomic E-state index is 0.228. The number of carboxylic acid groups (broad SMARTS) is 1. The Labute approximate surface area is 118 Å². The first-order chi connectivity index (χ1) is 8.99. The Morgan fingerprint density at radius 1 is 1.47 bits per heavy atom. The van der Waals surface area contributed by atoms with E-state index in [1.165, 1.54) is 0 Å². The molecule has 2 N–H and O–H groups in total. The zero-order chi connectivity index (χ0) is 14.0. The number of hydrogen-bond acceptors (Lipinski definition) is 2. The number of aliphatic hydroxyl groups excluding tert-OH is 1. The van der Waals surface area contributed by atoms with Gasteiger partial charge in [0.25, 0.3) is 0 Å². The summed E-state index contributed by atoms with van der Waals surface area (Å²) in [6, 6.07) is 5.44. The number of halogens is 1. The first-order valence-corrected chi connectivity index (χ1v) is 7.06. The van der Waals surface area contributed by atoms with Crippen molar-refractivity contribution in [2.45, 2.75) is 44.6 Å². The van der Waals surface area contributed by atoms with Gasteiger partial charge in [-0.3, -0.25) is 4.79 Å². The lowest BCUT2D eigenvalue weighted by molar-refractivity contribution is -0.138. The Morgan fingerprint density at radius 3 is 2.74 bits per heavy atom. The van der Waals surface area contributed by atoms with Gasteiger partial charge in [0.1, 0.15) is 0 Å². The second kappa shape index (κ2) is 5.93. The van der Waals surface area contributed by atoms with Gasteiger partial charge in [-0.05, 0) is 49.3 Å². The molecule has 1 aliphatic carbocycles. The van der Waals surface area contributed by atoms with Crippen LogP contribution in [0.2, 0.25) is 5.02 Å². The number of benzene rings is 1. The van der Waals surface area contributed by atoms with Gasteiger partial charge in [0.05, 0.1) is 12.0 Å². The second-order valence-corrected chi connectivity index (χ2v) is 5.78. The van der Waals surface area contributed by atoms with Crippen LogP contribution in [0.1, 0.15) is 43.2 Å².